The van der Waals surface area contributed by atoms with E-state index in [2.05, 4.69) is 20.7 Å². The van der Waals surface area contributed by atoms with Crippen LogP contribution in [0.3, 0.4) is 0 Å². The molecule has 0 aliphatic heterocycles. The lowest BCUT2D eigenvalue weighted by Gasteiger charge is -2.10. The van der Waals surface area contributed by atoms with Gasteiger partial charge in [-0.25, -0.2) is 15.8 Å². The Balaban J connectivity index is 2.00. The van der Waals surface area contributed by atoms with Gasteiger partial charge in [0.15, 0.2) is 0 Å². The molecule has 0 aliphatic carbocycles. The molecule has 0 saturated carbocycles. The molecule has 0 atom stereocenters. The number of nitrogens with zero attached hydrogens (tertiary/aromatic N) is 2. The molecule has 6 nitrogen and oxygen atoms in total. The average Bonchev–Trinajstić information content (AvgIpc) is 2.91. The van der Waals surface area contributed by atoms with Crippen molar-refractivity contribution in [1.29, 1.82) is 0 Å². The number of hydrogen-bond donors (Lipinski definition) is 3. The Morgan fingerprint density at radius 2 is 2.11 bits per heavy atom. The SMILES string of the molecule is CC(C)c1nc(NN)cc(NCCc2ccco2)n1. The fraction of sp³-hybridized carbons (Fsp3) is 0.385. The van der Waals surface area contributed by atoms with Gasteiger partial charge in [0.05, 0.1) is 6.26 Å². The van der Waals surface area contributed by atoms with Crippen molar-refractivity contribution in [2.24, 2.45) is 5.84 Å². The van der Waals surface area contributed by atoms with Gasteiger partial charge < -0.3 is 15.2 Å². The zero-order valence-electron chi connectivity index (χ0n) is 11.2. The van der Waals surface area contributed by atoms with Crippen molar-refractivity contribution in [3.8, 4) is 0 Å². The van der Waals surface area contributed by atoms with Crippen molar-refractivity contribution < 1.29 is 4.42 Å². The van der Waals surface area contributed by atoms with Crippen LogP contribution in [0.15, 0.2) is 28.9 Å². The monoisotopic (exact) mass is 261 g/mol. The fourth-order valence-electron chi connectivity index (χ4n) is 1.66. The number of aromatic nitrogens is 2. The lowest BCUT2D eigenvalue weighted by molar-refractivity contribution is 0.513. The smallest absolute Gasteiger partial charge is 0.145 e. The summed E-state index contributed by atoms with van der Waals surface area (Å²) in [4.78, 5) is 8.75. The van der Waals surface area contributed by atoms with Gasteiger partial charge in [-0.2, -0.15) is 0 Å². The van der Waals surface area contributed by atoms with Crippen LogP contribution in [-0.2, 0) is 6.42 Å². The van der Waals surface area contributed by atoms with Crippen molar-refractivity contribution in [2.75, 3.05) is 17.3 Å². The van der Waals surface area contributed by atoms with E-state index in [1.165, 1.54) is 0 Å². The normalized spacial score (nSPS) is 10.7. The predicted molar refractivity (Wildman–Crippen MR) is 74.8 cm³/mol. The summed E-state index contributed by atoms with van der Waals surface area (Å²) in [5.74, 6) is 8.74. The lowest BCUT2D eigenvalue weighted by atomic mass is 10.2. The van der Waals surface area contributed by atoms with E-state index >= 15 is 0 Å². The summed E-state index contributed by atoms with van der Waals surface area (Å²) >= 11 is 0. The molecule has 0 saturated heterocycles. The Labute approximate surface area is 112 Å². The van der Waals surface area contributed by atoms with Crippen molar-refractivity contribution >= 4 is 11.6 Å². The Morgan fingerprint density at radius 1 is 1.32 bits per heavy atom. The highest BCUT2D eigenvalue weighted by molar-refractivity contribution is 5.47. The maximum atomic E-state index is 5.41. The maximum Gasteiger partial charge on any atom is 0.145 e. The molecule has 102 valence electrons. The predicted octanol–water partition coefficient (Wildman–Crippen LogP) is 2.13. The minimum absolute atomic E-state index is 0.249. The second kappa shape index (κ2) is 6.19. The van der Waals surface area contributed by atoms with E-state index in [0.29, 0.717) is 5.82 Å². The molecule has 2 aromatic rings. The second-order valence-electron chi connectivity index (χ2n) is 4.55. The molecule has 0 aromatic carbocycles. The third-order valence-corrected chi connectivity index (χ3v) is 2.67. The van der Waals surface area contributed by atoms with Crippen LogP contribution < -0.4 is 16.6 Å². The molecule has 0 unspecified atom stereocenters. The van der Waals surface area contributed by atoms with Gasteiger partial charge in [-0.15, -0.1) is 0 Å². The van der Waals surface area contributed by atoms with Gasteiger partial charge in [0.25, 0.3) is 0 Å². The standard InChI is InChI=1S/C13H19N5O/c1-9(2)13-16-11(8-12(17-13)18-14)15-6-5-10-4-3-7-19-10/h3-4,7-9H,5-6,14H2,1-2H3,(H2,15,16,17,18). The highest BCUT2D eigenvalue weighted by Crippen LogP contribution is 2.16. The van der Waals surface area contributed by atoms with Crippen LogP contribution >= 0.6 is 0 Å². The largest absolute Gasteiger partial charge is 0.469 e. The molecule has 4 N–H and O–H groups in total. The first kappa shape index (κ1) is 13.4. The van der Waals surface area contributed by atoms with Crippen molar-refractivity contribution in [2.45, 2.75) is 26.2 Å². The number of rotatable bonds is 6. The molecular formula is C13H19N5O. The van der Waals surface area contributed by atoms with Gasteiger partial charge in [-0.3, -0.25) is 0 Å². The van der Waals surface area contributed by atoms with Crippen LogP contribution in [0.1, 0.15) is 31.4 Å². The van der Waals surface area contributed by atoms with Gasteiger partial charge in [0.1, 0.15) is 23.2 Å². The van der Waals surface area contributed by atoms with Crippen molar-refractivity contribution in [3.05, 3.63) is 36.0 Å². The first-order valence-corrected chi connectivity index (χ1v) is 6.31. The van der Waals surface area contributed by atoms with E-state index in [1.54, 1.807) is 12.3 Å². The van der Waals surface area contributed by atoms with E-state index in [-0.39, 0.29) is 5.92 Å². The molecule has 0 amide bonds. The lowest BCUT2D eigenvalue weighted by Crippen LogP contribution is -2.13. The van der Waals surface area contributed by atoms with E-state index in [1.807, 2.05) is 26.0 Å². The number of nitrogen functional groups attached to an aromatic ring is 1. The fourth-order valence-corrected chi connectivity index (χ4v) is 1.66. The minimum atomic E-state index is 0.249. The van der Waals surface area contributed by atoms with E-state index in [9.17, 15) is 0 Å². The second-order valence-corrected chi connectivity index (χ2v) is 4.55. The number of nitrogens with one attached hydrogen (secondary N) is 2. The summed E-state index contributed by atoms with van der Waals surface area (Å²) in [6, 6.07) is 5.62. The van der Waals surface area contributed by atoms with Crippen LogP contribution in [0.25, 0.3) is 0 Å². The van der Waals surface area contributed by atoms with Crippen LogP contribution in [0.2, 0.25) is 0 Å². The molecule has 0 bridgehead atoms. The summed E-state index contributed by atoms with van der Waals surface area (Å²) in [6.07, 6.45) is 2.48. The number of anilines is 2. The van der Waals surface area contributed by atoms with Crippen LogP contribution in [-0.4, -0.2) is 16.5 Å². The quantitative estimate of drug-likeness (QED) is 0.545. The number of hydrogen-bond acceptors (Lipinski definition) is 6. The number of furan rings is 1. The maximum absolute atomic E-state index is 5.41. The first-order valence-electron chi connectivity index (χ1n) is 6.31. The van der Waals surface area contributed by atoms with E-state index in [0.717, 1.165) is 30.4 Å². The first-order chi connectivity index (χ1) is 9.19. The number of hydrazine groups is 1. The van der Waals surface area contributed by atoms with Gasteiger partial charge in [-0.05, 0) is 12.1 Å². The summed E-state index contributed by atoms with van der Waals surface area (Å²) < 4.78 is 5.27. The molecule has 0 radical (unpaired) electrons. The Hall–Kier alpha value is -2.08. The number of nitrogens with two attached hydrogens (primary N) is 1. The molecule has 2 aromatic heterocycles. The van der Waals surface area contributed by atoms with Crippen LogP contribution in [0, 0.1) is 0 Å². The zero-order valence-corrected chi connectivity index (χ0v) is 11.2. The average molecular weight is 261 g/mol. The molecule has 0 aliphatic rings. The molecule has 0 fully saturated rings. The Kier molecular flexibility index (Phi) is 4.35. The third-order valence-electron chi connectivity index (χ3n) is 2.67. The highest BCUT2D eigenvalue weighted by Gasteiger charge is 2.07. The summed E-state index contributed by atoms with van der Waals surface area (Å²) in [6.45, 7) is 4.83. The molecule has 6 heteroatoms. The molecule has 0 spiro atoms. The Bertz CT molecular complexity index is 510. The molecule has 19 heavy (non-hydrogen) atoms. The van der Waals surface area contributed by atoms with Crippen LogP contribution in [0.5, 0.6) is 0 Å². The van der Waals surface area contributed by atoms with Crippen LogP contribution in [0.4, 0.5) is 11.6 Å². The molecule has 2 heterocycles. The van der Waals surface area contributed by atoms with E-state index in [4.69, 9.17) is 10.3 Å². The third kappa shape index (κ3) is 3.69. The topological polar surface area (TPSA) is 89.0 Å². The van der Waals surface area contributed by atoms with Gasteiger partial charge >= 0.3 is 0 Å². The summed E-state index contributed by atoms with van der Waals surface area (Å²) in [7, 11) is 0. The van der Waals surface area contributed by atoms with Gasteiger partial charge in [-0.1, -0.05) is 13.8 Å². The van der Waals surface area contributed by atoms with Crippen molar-refractivity contribution in [3.63, 3.8) is 0 Å². The highest BCUT2D eigenvalue weighted by atomic mass is 16.3. The minimum Gasteiger partial charge on any atom is -0.469 e. The Morgan fingerprint density at radius 3 is 2.74 bits per heavy atom. The summed E-state index contributed by atoms with van der Waals surface area (Å²) in [5.41, 5.74) is 2.56. The van der Waals surface area contributed by atoms with Gasteiger partial charge in [0, 0.05) is 24.9 Å². The summed E-state index contributed by atoms with van der Waals surface area (Å²) in [5, 5.41) is 3.25. The van der Waals surface area contributed by atoms with Crippen molar-refractivity contribution in [1.82, 2.24) is 9.97 Å². The van der Waals surface area contributed by atoms with E-state index < -0.39 is 0 Å². The zero-order chi connectivity index (χ0) is 13.7. The molecular weight excluding hydrogens is 242 g/mol. The molecule has 2 rings (SSSR count). The van der Waals surface area contributed by atoms with Gasteiger partial charge in [0.2, 0.25) is 0 Å².